The summed E-state index contributed by atoms with van der Waals surface area (Å²) in [6.07, 6.45) is 4.66. The Hall–Kier alpha value is -5.18. The van der Waals surface area contributed by atoms with E-state index in [2.05, 4.69) is 26.8 Å². The molecule has 40 heavy (non-hydrogen) atoms. The van der Waals surface area contributed by atoms with Crippen LogP contribution >= 0.6 is 0 Å². The number of rotatable bonds is 6. The summed E-state index contributed by atoms with van der Waals surface area (Å²) in [4.78, 5) is 38.0. The van der Waals surface area contributed by atoms with Crippen molar-refractivity contribution in [2.24, 2.45) is 0 Å². The molecule has 0 aliphatic carbocycles. The van der Waals surface area contributed by atoms with Crippen LogP contribution in [0.2, 0.25) is 0 Å². The molecule has 2 aromatic carbocycles. The second-order valence-electron chi connectivity index (χ2n) is 9.37. The number of amides is 1. The Morgan fingerprint density at radius 2 is 1.80 bits per heavy atom. The standard InChI is InChI=1S/C31H24F2N4O3/c1-16(2)19-12-25-29(36-14-19)27(9-10-34-25)40-26-8-6-21(13-24(26)33)37-31(39)28-18(4)35-15-23(30(28)38)22-7-5-20(32)11-17(22)3/h5-15H,1H2,2-4H3,(H,35,38)(H,37,39). The van der Waals surface area contributed by atoms with Crippen LogP contribution in [0.5, 0.6) is 11.5 Å². The van der Waals surface area contributed by atoms with Crippen molar-refractivity contribution in [2.75, 3.05) is 5.32 Å². The van der Waals surface area contributed by atoms with Gasteiger partial charge in [0, 0.05) is 47.7 Å². The Labute approximate surface area is 228 Å². The number of allylic oxidation sites excluding steroid dienone is 1. The molecular weight excluding hydrogens is 514 g/mol. The number of benzene rings is 2. The molecule has 0 spiro atoms. The maximum atomic E-state index is 15.1. The largest absolute Gasteiger partial charge is 0.452 e. The molecule has 1 amide bonds. The summed E-state index contributed by atoms with van der Waals surface area (Å²) in [5.74, 6) is -1.65. The highest BCUT2D eigenvalue weighted by atomic mass is 19.1. The first kappa shape index (κ1) is 26.4. The third-order valence-corrected chi connectivity index (χ3v) is 6.43. The van der Waals surface area contributed by atoms with Gasteiger partial charge in [0.25, 0.3) is 5.91 Å². The molecule has 0 fully saturated rings. The molecule has 0 aliphatic heterocycles. The van der Waals surface area contributed by atoms with Crippen LogP contribution in [0.15, 0.2) is 78.5 Å². The number of aromatic amines is 1. The zero-order valence-electron chi connectivity index (χ0n) is 21.9. The second kappa shape index (κ2) is 10.5. The molecule has 7 nitrogen and oxygen atoms in total. The lowest BCUT2D eigenvalue weighted by atomic mass is 9.99. The summed E-state index contributed by atoms with van der Waals surface area (Å²) >= 11 is 0. The Kier molecular flexibility index (Phi) is 6.96. The maximum absolute atomic E-state index is 15.1. The third kappa shape index (κ3) is 5.09. The zero-order valence-corrected chi connectivity index (χ0v) is 21.9. The van der Waals surface area contributed by atoms with Crippen LogP contribution in [0.3, 0.4) is 0 Å². The van der Waals surface area contributed by atoms with Crippen LogP contribution in [-0.4, -0.2) is 20.9 Å². The number of aryl methyl sites for hydroxylation is 2. The predicted molar refractivity (Wildman–Crippen MR) is 151 cm³/mol. The van der Waals surface area contributed by atoms with Crippen molar-refractivity contribution >= 4 is 28.2 Å². The number of pyridine rings is 3. The number of hydrogen-bond donors (Lipinski definition) is 2. The molecule has 0 bridgehead atoms. The zero-order chi connectivity index (χ0) is 28.6. The van der Waals surface area contributed by atoms with Gasteiger partial charge in [-0.3, -0.25) is 19.6 Å². The molecule has 0 saturated carbocycles. The van der Waals surface area contributed by atoms with Crippen LogP contribution in [0.1, 0.15) is 34.1 Å². The van der Waals surface area contributed by atoms with E-state index in [-0.39, 0.29) is 22.6 Å². The average molecular weight is 539 g/mol. The molecular formula is C31H24F2N4O3. The summed E-state index contributed by atoms with van der Waals surface area (Å²) in [6.45, 7) is 9.03. The van der Waals surface area contributed by atoms with E-state index < -0.39 is 23.0 Å². The molecule has 0 unspecified atom stereocenters. The number of nitrogens with one attached hydrogen (secondary N) is 2. The fourth-order valence-corrected chi connectivity index (χ4v) is 4.32. The summed E-state index contributed by atoms with van der Waals surface area (Å²) in [7, 11) is 0. The van der Waals surface area contributed by atoms with Crippen molar-refractivity contribution in [3.8, 4) is 22.6 Å². The van der Waals surface area contributed by atoms with E-state index in [1.165, 1.54) is 42.7 Å². The second-order valence-corrected chi connectivity index (χ2v) is 9.37. The minimum absolute atomic E-state index is 0.0842. The van der Waals surface area contributed by atoms with Gasteiger partial charge in [0.05, 0.1) is 5.52 Å². The number of carbonyl (C=O) groups is 1. The number of aromatic nitrogens is 3. The highest BCUT2D eigenvalue weighted by molar-refractivity contribution is 6.05. The summed E-state index contributed by atoms with van der Waals surface area (Å²) < 4.78 is 34.4. The number of carbonyl (C=O) groups excluding carboxylic acids is 1. The first-order chi connectivity index (χ1) is 19.1. The Balaban J connectivity index is 1.40. The van der Waals surface area contributed by atoms with Gasteiger partial charge in [-0.25, -0.2) is 8.78 Å². The van der Waals surface area contributed by atoms with Gasteiger partial charge in [-0.15, -0.1) is 0 Å². The van der Waals surface area contributed by atoms with E-state index in [0.29, 0.717) is 33.6 Å². The minimum Gasteiger partial charge on any atom is -0.452 e. The topological polar surface area (TPSA) is 97.0 Å². The van der Waals surface area contributed by atoms with Crippen LogP contribution in [-0.2, 0) is 0 Å². The number of anilines is 1. The average Bonchev–Trinajstić information content (AvgIpc) is 2.90. The molecule has 5 rings (SSSR count). The van der Waals surface area contributed by atoms with Crippen molar-refractivity contribution in [1.29, 1.82) is 0 Å². The molecule has 0 atom stereocenters. The highest BCUT2D eigenvalue weighted by Crippen LogP contribution is 2.31. The predicted octanol–water partition coefficient (Wildman–Crippen LogP) is 6.96. The van der Waals surface area contributed by atoms with Gasteiger partial charge in [-0.05, 0) is 73.4 Å². The summed E-state index contributed by atoms with van der Waals surface area (Å²) in [5.41, 5.74) is 3.75. The van der Waals surface area contributed by atoms with E-state index in [9.17, 15) is 14.0 Å². The van der Waals surface area contributed by atoms with Gasteiger partial charge in [0.1, 0.15) is 16.9 Å². The van der Waals surface area contributed by atoms with Crippen molar-refractivity contribution in [3.63, 3.8) is 0 Å². The molecule has 3 heterocycles. The summed E-state index contributed by atoms with van der Waals surface area (Å²) in [5, 5.41) is 2.58. The molecule has 0 saturated heterocycles. The van der Waals surface area contributed by atoms with E-state index in [4.69, 9.17) is 4.74 Å². The van der Waals surface area contributed by atoms with Crippen molar-refractivity contribution < 1.29 is 18.3 Å². The fraction of sp³-hybridized carbons (Fsp3) is 0.0968. The number of fused-ring (bicyclic) bond motifs is 1. The van der Waals surface area contributed by atoms with Crippen LogP contribution in [0.4, 0.5) is 14.5 Å². The number of ether oxygens (including phenoxy) is 1. The number of nitrogens with zero attached hydrogens (tertiary/aromatic N) is 2. The van der Waals surface area contributed by atoms with Crippen LogP contribution in [0, 0.1) is 25.5 Å². The minimum atomic E-state index is -0.734. The smallest absolute Gasteiger partial charge is 0.261 e. The van der Waals surface area contributed by atoms with Gasteiger partial charge in [-0.1, -0.05) is 12.6 Å². The lowest BCUT2D eigenvalue weighted by Gasteiger charge is -2.12. The Bertz CT molecular complexity index is 1880. The molecule has 3 aromatic heterocycles. The molecule has 2 N–H and O–H groups in total. The molecule has 0 aliphatic rings. The highest BCUT2D eigenvalue weighted by Gasteiger charge is 2.20. The molecule has 200 valence electrons. The summed E-state index contributed by atoms with van der Waals surface area (Å²) in [6, 6.07) is 11.4. The Morgan fingerprint density at radius 1 is 1.00 bits per heavy atom. The molecule has 5 aromatic rings. The SMILES string of the molecule is C=C(C)c1cnc2c(Oc3ccc(NC(=O)c4c(C)[nH]cc(-c5ccc(F)cc5C)c4=O)cc3F)ccnc2c1. The monoisotopic (exact) mass is 538 g/mol. The fourth-order valence-electron chi connectivity index (χ4n) is 4.32. The van der Waals surface area contributed by atoms with Gasteiger partial charge < -0.3 is 15.0 Å². The van der Waals surface area contributed by atoms with E-state index in [1.54, 1.807) is 26.1 Å². The maximum Gasteiger partial charge on any atom is 0.261 e. The van der Waals surface area contributed by atoms with Gasteiger partial charge in [-0.2, -0.15) is 0 Å². The lowest BCUT2D eigenvalue weighted by molar-refractivity contribution is 0.102. The van der Waals surface area contributed by atoms with Crippen LogP contribution < -0.4 is 15.5 Å². The quantitative estimate of drug-likeness (QED) is 0.244. The van der Waals surface area contributed by atoms with E-state index >= 15 is 4.39 Å². The van der Waals surface area contributed by atoms with Gasteiger partial charge >= 0.3 is 0 Å². The first-order valence-electron chi connectivity index (χ1n) is 12.3. The van der Waals surface area contributed by atoms with Crippen molar-refractivity contribution in [3.05, 3.63) is 118 Å². The Morgan fingerprint density at radius 3 is 2.52 bits per heavy atom. The van der Waals surface area contributed by atoms with Crippen molar-refractivity contribution in [1.82, 2.24) is 15.0 Å². The van der Waals surface area contributed by atoms with Crippen LogP contribution in [0.25, 0.3) is 27.7 Å². The van der Waals surface area contributed by atoms with Gasteiger partial charge in [0.2, 0.25) is 5.43 Å². The normalized spacial score (nSPS) is 10.9. The van der Waals surface area contributed by atoms with E-state index in [0.717, 1.165) is 17.2 Å². The third-order valence-electron chi connectivity index (χ3n) is 6.43. The number of H-pyrrole nitrogens is 1. The van der Waals surface area contributed by atoms with Gasteiger partial charge in [0.15, 0.2) is 17.3 Å². The molecule has 0 radical (unpaired) electrons. The van der Waals surface area contributed by atoms with E-state index in [1.807, 2.05) is 13.0 Å². The number of halogens is 2. The lowest BCUT2D eigenvalue weighted by Crippen LogP contribution is -2.25. The number of hydrogen-bond acceptors (Lipinski definition) is 5. The first-order valence-corrected chi connectivity index (χ1v) is 12.3. The van der Waals surface area contributed by atoms with Crippen molar-refractivity contribution in [2.45, 2.75) is 20.8 Å². The molecule has 9 heteroatoms.